The van der Waals surface area contributed by atoms with Crippen molar-refractivity contribution in [2.75, 3.05) is 44.2 Å². The van der Waals surface area contributed by atoms with Crippen molar-refractivity contribution in [1.29, 1.82) is 0 Å². The topological polar surface area (TPSA) is 73.0 Å². The molecule has 1 aromatic rings. The van der Waals surface area contributed by atoms with Gasteiger partial charge in [0.25, 0.3) is 0 Å². The molecule has 1 unspecified atom stereocenters. The van der Waals surface area contributed by atoms with Gasteiger partial charge in [-0.25, -0.2) is 0 Å². The van der Waals surface area contributed by atoms with E-state index in [2.05, 4.69) is 22.3 Å². The molecule has 140 valence electrons. The lowest BCUT2D eigenvalue weighted by Crippen LogP contribution is -2.59. The summed E-state index contributed by atoms with van der Waals surface area (Å²) in [4.78, 5) is 42.6. The van der Waals surface area contributed by atoms with Crippen LogP contribution in [0, 0.1) is 0 Å². The van der Waals surface area contributed by atoms with Crippen LogP contribution in [0.3, 0.4) is 0 Å². The van der Waals surface area contributed by atoms with Crippen LogP contribution in [-0.2, 0) is 14.4 Å². The first-order valence-corrected chi connectivity index (χ1v) is 9.25. The molecular formula is C19H26N4O3. The Morgan fingerprint density at radius 2 is 1.73 bits per heavy atom. The van der Waals surface area contributed by atoms with Crippen LogP contribution in [0.15, 0.2) is 30.3 Å². The SMILES string of the molecule is CCC(=O)N1CCNC(=O)C1CC(=O)N1CCN(c2ccccc2)CC1. The molecule has 2 aliphatic rings. The van der Waals surface area contributed by atoms with E-state index in [0.29, 0.717) is 32.6 Å². The molecule has 1 N–H and O–H groups in total. The van der Waals surface area contributed by atoms with Gasteiger partial charge in [0.2, 0.25) is 17.7 Å². The molecule has 26 heavy (non-hydrogen) atoms. The summed E-state index contributed by atoms with van der Waals surface area (Å²) < 4.78 is 0. The Kier molecular flexibility index (Phi) is 5.75. The maximum atomic E-state index is 12.7. The van der Waals surface area contributed by atoms with E-state index in [1.54, 1.807) is 16.7 Å². The third-order valence-corrected chi connectivity index (χ3v) is 5.08. The van der Waals surface area contributed by atoms with Gasteiger partial charge in [0.05, 0.1) is 6.42 Å². The summed E-state index contributed by atoms with van der Waals surface area (Å²) in [5.74, 6) is -0.366. The molecular weight excluding hydrogens is 332 g/mol. The van der Waals surface area contributed by atoms with Crippen molar-refractivity contribution in [2.45, 2.75) is 25.8 Å². The van der Waals surface area contributed by atoms with Crippen molar-refractivity contribution in [2.24, 2.45) is 0 Å². The number of para-hydroxylation sites is 1. The molecule has 0 saturated carbocycles. The largest absolute Gasteiger partial charge is 0.368 e. The second kappa shape index (κ2) is 8.21. The summed E-state index contributed by atoms with van der Waals surface area (Å²) >= 11 is 0. The summed E-state index contributed by atoms with van der Waals surface area (Å²) in [7, 11) is 0. The lowest BCUT2D eigenvalue weighted by atomic mass is 10.1. The molecule has 2 aliphatic heterocycles. The number of carbonyl (C=O) groups is 3. The van der Waals surface area contributed by atoms with Crippen molar-refractivity contribution >= 4 is 23.4 Å². The number of rotatable bonds is 4. The van der Waals surface area contributed by atoms with Gasteiger partial charge in [0.1, 0.15) is 6.04 Å². The van der Waals surface area contributed by atoms with Crippen LogP contribution in [0.2, 0.25) is 0 Å². The zero-order valence-electron chi connectivity index (χ0n) is 15.2. The number of carbonyl (C=O) groups excluding carboxylic acids is 3. The highest BCUT2D eigenvalue weighted by molar-refractivity contribution is 5.93. The second-order valence-electron chi connectivity index (χ2n) is 6.66. The number of nitrogens with zero attached hydrogens (tertiary/aromatic N) is 3. The van der Waals surface area contributed by atoms with Crippen molar-refractivity contribution in [3.8, 4) is 0 Å². The van der Waals surface area contributed by atoms with E-state index in [4.69, 9.17) is 0 Å². The van der Waals surface area contributed by atoms with E-state index in [1.807, 2.05) is 18.2 Å². The Labute approximate surface area is 153 Å². The van der Waals surface area contributed by atoms with Gasteiger partial charge < -0.3 is 20.0 Å². The number of hydrogen-bond donors (Lipinski definition) is 1. The van der Waals surface area contributed by atoms with E-state index < -0.39 is 6.04 Å². The van der Waals surface area contributed by atoms with Gasteiger partial charge in [0, 0.05) is 51.4 Å². The van der Waals surface area contributed by atoms with E-state index in [0.717, 1.165) is 18.8 Å². The average molecular weight is 358 g/mol. The molecule has 3 rings (SSSR count). The molecule has 1 aromatic carbocycles. The molecule has 1 atom stereocenters. The predicted molar refractivity (Wildman–Crippen MR) is 98.7 cm³/mol. The van der Waals surface area contributed by atoms with Crippen LogP contribution >= 0.6 is 0 Å². The van der Waals surface area contributed by atoms with Gasteiger partial charge in [-0.1, -0.05) is 25.1 Å². The average Bonchev–Trinajstić information content (AvgIpc) is 2.69. The molecule has 2 heterocycles. The zero-order chi connectivity index (χ0) is 18.5. The number of benzene rings is 1. The van der Waals surface area contributed by atoms with Crippen molar-refractivity contribution in [1.82, 2.24) is 15.1 Å². The Morgan fingerprint density at radius 3 is 2.38 bits per heavy atom. The molecule has 0 aromatic heterocycles. The van der Waals surface area contributed by atoms with Gasteiger partial charge in [-0.15, -0.1) is 0 Å². The van der Waals surface area contributed by atoms with E-state index in [-0.39, 0.29) is 24.1 Å². The minimum atomic E-state index is -0.684. The molecule has 2 fully saturated rings. The number of piperazine rings is 2. The smallest absolute Gasteiger partial charge is 0.243 e. The van der Waals surface area contributed by atoms with Crippen LogP contribution in [-0.4, -0.2) is 72.8 Å². The molecule has 0 bridgehead atoms. The summed E-state index contributed by atoms with van der Waals surface area (Å²) in [6, 6.07) is 9.45. The van der Waals surface area contributed by atoms with Crippen molar-refractivity contribution in [3.05, 3.63) is 30.3 Å². The standard InChI is InChI=1S/C19H26N4O3/c1-2-17(24)23-9-8-20-19(26)16(23)14-18(25)22-12-10-21(11-13-22)15-6-4-3-5-7-15/h3-7,16H,2,8-14H2,1H3,(H,20,26). The van der Waals surface area contributed by atoms with Crippen molar-refractivity contribution < 1.29 is 14.4 Å². The quantitative estimate of drug-likeness (QED) is 0.849. The van der Waals surface area contributed by atoms with Crippen molar-refractivity contribution in [3.63, 3.8) is 0 Å². The molecule has 7 nitrogen and oxygen atoms in total. The van der Waals surface area contributed by atoms with Crippen LogP contribution in [0.4, 0.5) is 5.69 Å². The molecule has 0 aliphatic carbocycles. The van der Waals surface area contributed by atoms with Crippen LogP contribution in [0.5, 0.6) is 0 Å². The van der Waals surface area contributed by atoms with E-state index in [1.165, 1.54) is 0 Å². The molecule has 3 amide bonds. The Hall–Kier alpha value is -2.57. The molecule has 0 radical (unpaired) electrons. The summed E-state index contributed by atoms with van der Waals surface area (Å²) in [5, 5.41) is 2.77. The first-order chi connectivity index (χ1) is 12.6. The highest BCUT2D eigenvalue weighted by Gasteiger charge is 2.35. The van der Waals surface area contributed by atoms with Gasteiger partial charge >= 0.3 is 0 Å². The Morgan fingerprint density at radius 1 is 1.04 bits per heavy atom. The van der Waals surface area contributed by atoms with Crippen LogP contribution in [0.1, 0.15) is 19.8 Å². The molecule has 0 spiro atoms. The number of amides is 3. The molecule has 2 saturated heterocycles. The lowest BCUT2D eigenvalue weighted by Gasteiger charge is -2.38. The van der Waals surface area contributed by atoms with Crippen LogP contribution in [0.25, 0.3) is 0 Å². The summed E-state index contributed by atoms with van der Waals surface area (Å²) in [6.45, 7) is 5.49. The number of hydrogen-bond acceptors (Lipinski definition) is 4. The minimum Gasteiger partial charge on any atom is -0.368 e. The first-order valence-electron chi connectivity index (χ1n) is 9.25. The van der Waals surface area contributed by atoms with Gasteiger partial charge in [-0.2, -0.15) is 0 Å². The fourth-order valence-electron chi connectivity index (χ4n) is 3.57. The second-order valence-corrected chi connectivity index (χ2v) is 6.66. The maximum Gasteiger partial charge on any atom is 0.243 e. The zero-order valence-corrected chi connectivity index (χ0v) is 15.2. The molecule has 7 heteroatoms. The number of anilines is 1. The van der Waals surface area contributed by atoms with E-state index >= 15 is 0 Å². The normalized spacial score (nSPS) is 20.7. The third-order valence-electron chi connectivity index (χ3n) is 5.08. The number of nitrogens with one attached hydrogen (secondary N) is 1. The van der Waals surface area contributed by atoms with Gasteiger partial charge in [-0.3, -0.25) is 14.4 Å². The maximum absolute atomic E-state index is 12.7. The highest BCUT2D eigenvalue weighted by Crippen LogP contribution is 2.17. The lowest BCUT2D eigenvalue weighted by molar-refractivity contribution is -0.146. The monoisotopic (exact) mass is 358 g/mol. The highest BCUT2D eigenvalue weighted by atomic mass is 16.2. The van der Waals surface area contributed by atoms with Crippen LogP contribution < -0.4 is 10.2 Å². The van der Waals surface area contributed by atoms with Gasteiger partial charge in [0.15, 0.2) is 0 Å². The summed E-state index contributed by atoms with van der Waals surface area (Å²) in [5.41, 5.74) is 1.16. The Balaban J connectivity index is 1.58. The van der Waals surface area contributed by atoms with Gasteiger partial charge in [-0.05, 0) is 12.1 Å². The predicted octanol–water partition coefficient (Wildman–Crippen LogP) is 0.462. The first kappa shape index (κ1) is 18.2. The third kappa shape index (κ3) is 3.98. The minimum absolute atomic E-state index is 0.0584. The fourth-order valence-corrected chi connectivity index (χ4v) is 3.57. The Bertz CT molecular complexity index is 656. The summed E-state index contributed by atoms with van der Waals surface area (Å²) in [6.07, 6.45) is 0.399. The van der Waals surface area contributed by atoms with E-state index in [9.17, 15) is 14.4 Å². The fraction of sp³-hybridized carbons (Fsp3) is 0.526.